The van der Waals surface area contributed by atoms with Crippen molar-refractivity contribution < 1.29 is 22.4 Å². The van der Waals surface area contributed by atoms with Crippen molar-refractivity contribution in [3.05, 3.63) is 36.1 Å². The van der Waals surface area contributed by atoms with Crippen LogP contribution in [0.2, 0.25) is 0 Å². The molecule has 2 aromatic rings. The van der Waals surface area contributed by atoms with Crippen LogP contribution in [-0.4, -0.2) is 32.5 Å². The highest BCUT2D eigenvalue weighted by Crippen LogP contribution is 2.23. The highest BCUT2D eigenvalue weighted by atomic mass is 32.2. The van der Waals surface area contributed by atoms with Crippen molar-refractivity contribution in [3.63, 3.8) is 0 Å². The van der Waals surface area contributed by atoms with Gasteiger partial charge in [0.2, 0.25) is 0 Å². The zero-order valence-electron chi connectivity index (χ0n) is 11.6. The lowest BCUT2D eigenvalue weighted by molar-refractivity contribution is -0.139. The van der Waals surface area contributed by atoms with Crippen LogP contribution in [0.4, 0.5) is 0 Å². The van der Waals surface area contributed by atoms with Gasteiger partial charge in [0, 0.05) is 5.39 Å². The standard InChI is InChI=1S/C14H17NO5S/c1-2-19-14(16)9-21(17,18)8-11(15)13-7-10-5-3-4-6-12(10)20-13/h3-7,11H,2,8-9,15H2,1H3. The fourth-order valence-corrected chi connectivity index (χ4v) is 3.25. The molecule has 1 aromatic carbocycles. The Morgan fingerprint density at radius 3 is 2.76 bits per heavy atom. The molecule has 0 aliphatic heterocycles. The van der Waals surface area contributed by atoms with Crippen molar-refractivity contribution >= 4 is 26.8 Å². The summed E-state index contributed by atoms with van der Waals surface area (Å²) < 4.78 is 33.9. The zero-order chi connectivity index (χ0) is 15.5. The van der Waals surface area contributed by atoms with E-state index in [2.05, 4.69) is 4.74 Å². The van der Waals surface area contributed by atoms with Crippen LogP contribution >= 0.6 is 0 Å². The van der Waals surface area contributed by atoms with Crippen LogP contribution in [0.25, 0.3) is 11.0 Å². The molecule has 0 fully saturated rings. The van der Waals surface area contributed by atoms with E-state index in [0.29, 0.717) is 11.3 Å². The summed E-state index contributed by atoms with van der Waals surface area (Å²) in [6.45, 7) is 1.76. The van der Waals surface area contributed by atoms with Gasteiger partial charge in [-0.15, -0.1) is 0 Å². The van der Waals surface area contributed by atoms with Gasteiger partial charge in [-0.3, -0.25) is 4.79 Å². The molecule has 0 bridgehead atoms. The minimum Gasteiger partial charge on any atom is -0.465 e. The highest BCUT2D eigenvalue weighted by molar-refractivity contribution is 7.92. The van der Waals surface area contributed by atoms with Gasteiger partial charge in [-0.1, -0.05) is 18.2 Å². The summed E-state index contributed by atoms with van der Waals surface area (Å²) in [5.41, 5.74) is 6.51. The Labute approximate surface area is 122 Å². The second kappa shape index (κ2) is 6.28. The van der Waals surface area contributed by atoms with Crippen molar-refractivity contribution in [2.75, 3.05) is 18.1 Å². The zero-order valence-corrected chi connectivity index (χ0v) is 12.4. The normalized spacial score (nSPS) is 13.2. The second-order valence-electron chi connectivity index (χ2n) is 4.65. The lowest BCUT2D eigenvalue weighted by atomic mass is 10.2. The topological polar surface area (TPSA) is 99.6 Å². The molecule has 0 spiro atoms. The van der Waals surface area contributed by atoms with E-state index < -0.39 is 27.6 Å². The molecule has 2 N–H and O–H groups in total. The predicted molar refractivity (Wildman–Crippen MR) is 78.4 cm³/mol. The Morgan fingerprint density at radius 2 is 2.10 bits per heavy atom. The van der Waals surface area contributed by atoms with Crippen molar-refractivity contribution in [1.29, 1.82) is 0 Å². The first kappa shape index (κ1) is 15.5. The molecule has 1 aromatic heterocycles. The number of rotatable bonds is 6. The second-order valence-corrected chi connectivity index (χ2v) is 6.76. The average molecular weight is 311 g/mol. The summed E-state index contributed by atoms with van der Waals surface area (Å²) in [6.07, 6.45) is 0. The molecule has 0 saturated carbocycles. The summed E-state index contributed by atoms with van der Waals surface area (Å²) in [7, 11) is -3.65. The Balaban J connectivity index is 2.09. The maximum absolute atomic E-state index is 11.9. The minimum atomic E-state index is -3.65. The maximum atomic E-state index is 11.9. The lowest BCUT2D eigenvalue weighted by Gasteiger charge is -2.09. The molecule has 114 valence electrons. The Kier molecular flexibility index (Phi) is 4.64. The van der Waals surface area contributed by atoms with Crippen LogP contribution in [0.3, 0.4) is 0 Å². The summed E-state index contributed by atoms with van der Waals surface area (Å²) in [5, 5.41) is 0.853. The van der Waals surface area contributed by atoms with Gasteiger partial charge in [0.1, 0.15) is 17.1 Å². The SMILES string of the molecule is CCOC(=O)CS(=O)(=O)CC(N)c1cc2ccccc2o1. The first-order chi connectivity index (χ1) is 9.91. The van der Waals surface area contributed by atoms with Crippen LogP contribution in [0, 0.1) is 0 Å². The smallest absolute Gasteiger partial charge is 0.321 e. The number of carbonyl (C=O) groups is 1. The van der Waals surface area contributed by atoms with Gasteiger partial charge in [0.25, 0.3) is 0 Å². The fraction of sp³-hybridized carbons (Fsp3) is 0.357. The summed E-state index contributed by atoms with van der Waals surface area (Å²) in [4.78, 5) is 11.3. The lowest BCUT2D eigenvalue weighted by Crippen LogP contribution is -2.27. The number of benzene rings is 1. The van der Waals surface area contributed by atoms with E-state index in [4.69, 9.17) is 10.2 Å². The number of nitrogens with two attached hydrogens (primary N) is 1. The largest absolute Gasteiger partial charge is 0.465 e. The third-order valence-electron chi connectivity index (χ3n) is 2.89. The highest BCUT2D eigenvalue weighted by Gasteiger charge is 2.24. The number of carbonyl (C=O) groups excluding carboxylic acids is 1. The Morgan fingerprint density at radius 1 is 1.38 bits per heavy atom. The third kappa shape index (κ3) is 4.05. The molecule has 7 heteroatoms. The van der Waals surface area contributed by atoms with Gasteiger partial charge in [-0.25, -0.2) is 8.42 Å². The maximum Gasteiger partial charge on any atom is 0.321 e. The Bertz CT molecular complexity index is 702. The van der Waals surface area contributed by atoms with E-state index >= 15 is 0 Å². The van der Waals surface area contributed by atoms with Crippen LogP contribution in [0.15, 0.2) is 34.7 Å². The number of esters is 1. The molecular formula is C14H17NO5S. The predicted octanol–water partition coefficient (Wildman–Crippen LogP) is 1.41. The molecule has 0 radical (unpaired) electrons. The molecule has 0 aliphatic rings. The van der Waals surface area contributed by atoms with Gasteiger partial charge in [0.15, 0.2) is 9.84 Å². The van der Waals surface area contributed by atoms with Crippen molar-refractivity contribution in [3.8, 4) is 0 Å². The Hall–Kier alpha value is -1.86. The van der Waals surface area contributed by atoms with Crippen molar-refractivity contribution in [2.24, 2.45) is 5.73 Å². The van der Waals surface area contributed by atoms with Crippen LogP contribution < -0.4 is 5.73 Å². The molecule has 6 nitrogen and oxygen atoms in total. The van der Waals surface area contributed by atoms with Gasteiger partial charge >= 0.3 is 5.97 Å². The van der Waals surface area contributed by atoms with Crippen LogP contribution in [0.1, 0.15) is 18.7 Å². The molecule has 0 saturated heterocycles. The number of furan rings is 1. The number of hydrogen-bond acceptors (Lipinski definition) is 6. The molecule has 0 amide bonds. The quantitative estimate of drug-likeness (QED) is 0.810. The number of fused-ring (bicyclic) bond motifs is 1. The van der Waals surface area contributed by atoms with Gasteiger partial charge in [-0.05, 0) is 19.1 Å². The summed E-state index contributed by atoms with van der Waals surface area (Å²) in [5.74, 6) is -1.43. The van der Waals surface area contributed by atoms with E-state index in [1.807, 2.05) is 18.2 Å². The first-order valence-electron chi connectivity index (χ1n) is 6.51. The number of ether oxygens (including phenoxy) is 1. The number of para-hydroxylation sites is 1. The summed E-state index contributed by atoms with van der Waals surface area (Å²) >= 11 is 0. The molecule has 1 atom stereocenters. The fourth-order valence-electron chi connectivity index (χ4n) is 1.98. The first-order valence-corrected chi connectivity index (χ1v) is 8.33. The number of sulfone groups is 1. The van der Waals surface area contributed by atoms with E-state index in [0.717, 1.165) is 5.39 Å². The monoisotopic (exact) mass is 311 g/mol. The minimum absolute atomic E-state index is 0.143. The van der Waals surface area contributed by atoms with Gasteiger partial charge in [-0.2, -0.15) is 0 Å². The van der Waals surface area contributed by atoms with E-state index in [-0.39, 0.29) is 12.4 Å². The third-order valence-corrected chi connectivity index (χ3v) is 4.43. The molecular weight excluding hydrogens is 294 g/mol. The average Bonchev–Trinajstić information content (AvgIpc) is 2.81. The molecule has 1 heterocycles. The van der Waals surface area contributed by atoms with E-state index in [9.17, 15) is 13.2 Å². The van der Waals surface area contributed by atoms with Gasteiger partial charge < -0.3 is 14.9 Å². The van der Waals surface area contributed by atoms with Crippen LogP contribution in [0.5, 0.6) is 0 Å². The van der Waals surface area contributed by atoms with Crippen molar-refractivity contribution in [2.45, 2.75) is 13.0 Å². The van der Waals surface area contributed by atoms with E-state index in [1.165, 1.54) is 0 Å². The number of hydrogen-bond donors (Lipinski definition) is 1. The van der Waals surface area contributed by atoms with E-state index in [1.54, 1.807) is 19.1 Å². The van der Waals surface area contributed by atoms with Crippen LogP contribution in [-0.2, 0) is 19.4 Å². The molecule has 21 heavy (non-hydrogen) atoms. The van der Waals surface area contributed by atoms with Gasteiger partial charge in [0.05, 0.1) is 18.4 Å². The molecule has 1 unspecified atom stereocenters. The summed E-state index contributed by atoms with van der Waals surface area (Å²) in [6, 6.07) is 8.18. The molecule has 0 aliphatic carbocycles. The molecule has 2 rings (SSSR count). The van der Waals surface area contributed by atoms with Crippen molar-refractivity contribution in [1.82, 2.24) is 0 Å².